The summed E-state index contributed by atoms with van der Waals surface area (Å²) in [6.07, 6.45) is 2.66. The number of aliphatic imine (C=N–C) groups is 1. The summed E-state index contributed by atoms with van der Waals surface area (Å²) in [6.45, 7) is 0.567. The summed E-state index contributed by atoms with van der Waals surface area (Å²) in [6, 6.07) is 19.0. The van der Waals surface area contributed by atoms with Crippen LogP contribution in [0.3, 0.4) is 0 Å². The molecule has 108 valence electrons. The maximum atomic E-state index is 8.79. The molecule has 0 radical (unpaired) electrons. The summed E-state index contributed by atoms with van der Waals surface area (Å²) in [5.41, 5.74) is 2.54. The highest BCUT2D eigenvalue weighted by Gasteiger charge is 2.00. The molecule has 0 aliphatic rings. The standard InChI is InChI=1S/C17H15N5/c18-12-15-6-8-16(9-7-15)22-17(21-13-19)20-11-10-14-4-2-1-3-5-14/h1-9H,10-11H2,(H2,20,21,22). The van der Waals surface area contributed by atoms with Crippen LogP contribution in [-0.2, 0) is 6.42 Å². The van der Waals surface area contributed by atoms with Crippen molar-refractivity contribution in [3.05, 3.63) is 65.7 Å². The number of anilines is 1. The van der Waals surface area contributed by atoms with Crippen LogP contribution < -0.4 is 10.6 Å². The summed E-state index contributed by atoms with van der Waals surface area (Å²) in [4.78, 5) is 4.35. The topological polar surface area (TPSA) is 84.0 Å². The van der Waals surface area contributed by atoms with Crippen LogP contribution in [-0.4, -0.2) is 12.5 Å². The Morgan fingerprint density at radius 3 is 2.36 bits per heavy atom. The van der Waals surface area contributed by atoms with Crippen LogP contribution in [0, 0.1) is 22.8 Å². The fourth-order valence-electron chi connectivity index (χ4n) is 1.87. The van der Waals surface area contributed by atoms with Crippen LogP contribution in [0.1, 0.15) is 11.1 Å². The van der Waals surface area contributed by atoms with Gasteiger partial charge in [-0.05, 0) is 36.2 Å². The molecule has 5 heteroatoms. The van der Waals surface area contributed by atoms with Gasteiger partial charge in [-0.1, -0.05) is 30.3 Å². The molecule has 2 aromatic rings. The lowest BCUT2D eigenvalue weighted by atomic mass is 10.2. The van der Waals surface area contributed by atoms with Crippen molar-refractivity contribution in [3.63, 3.8) is 0 Å². The second kappa shape index (κ2) is 8.08. The van der Waals surface area contributed by atoms with Crippen molar-refractivity contribution >= 4 is 11.6 Å². The molecule has 0 saturated heterocycles. The van der Waals surface area contributed by atoms with E-state index in [1.165, 1.54) is 5.56 Å². The van der Waals surface area contributed by atoms with Gasteiger partial charge in [0.15, 0.2) is 6.19 Å². The van der Waals surface area contributed by atoms with E-state index in [0.29, 0.717) is 18.1 Å². The molecule has 22 heavy (non-hydrogen) atoms. The largest absolute Gasteiger partial charge is 0.326 e. The molecule has 5 nitrogen and oxygen atoms in total. The van der Waals surface area contributed by atoms with Gasteiger partial charge in [-0.15, -0.1) is 0 Å². The van der Waals surface area contributed by atoms with Crippen molar-refractivity contribution < 1.29 is 0 Å². The Hall–Kier alpha value is -3.31. The lowest BCUT2D eigenvalue weighted by Gasteiger charge is -2.08. The lowest BCUT2D eigenvalue weighted by Crippen LogP contribution is -2.27. The highest BCUT2D eigenvalue weighted by atomic mass is 15.2. The molecule has 0 bridgehead atoms. The van der Waals surface area contributed by atoms with E-state index in [0.717, 1.165) is 12.1 Å². The number of benzene rings is 2. The Labute approximate surface area is 129 Å². The van der Waals surface area contributed by atoms with Crippen LogP contribution in [0.15, 0.2) is 59.6 Å². The Morgan fingerprint density at radius 2 is 1.73 bits per heavy atom. The van der Waals surface area contributed by atoms with Crippen molar-refractivity contribution in [3.8, 4) is 12.3 Å². The van der Waals surface area contributed by atoms with E-state index >= 15 is 0 Å². The number of hydrogen-bond donors (Lipinski definition) is 2. The fourth-order valence-corrected chi connectivity index (χ4v) is 1.87. The summed E-state index contributed by atoms with van der Waals surface area (Å²) >= 11 is 0. The quantitative estimate of drug-likeness (QED) is 0.392. The van der Waals surface area contributed by atoms with Crippen molar-refractivity contribution in [1.29, 1.82) is 10.5 Å². The van der Waals surface area contributed by atoms with Gasteiger partial charge in [0.2, 0.25) is 5.96 Å². The normalized spacial score (nSPS) is 10.4. The molecular formula is C17H15N5. The molecule has 0 unspecified atom stereocenters. The maximum absolute atomic E-state index is 8.79. The molecule has 2 aromatic carbocycles. The van der Waals surface area contributed by atoms with Crippen LogP contribution in [0.4, 0.5) is 5.69 Å². The fraction of sp³-hybridized carbons (Fsp3) is 0.118. The van der Waals surface area contributed by atoms with Gasteiger partial charge in [-0.3, -0.25) is 10.3 Å². The predicted molar refractivity (Wildman–Crippen MR) is 86.0 cm³/mol. The molecular weight excluding hydrogens is 274 g/mol. The molecule has 0 aliphatic carbocycles. The van der Waals surface area contributed by atoms with Gasteiger partial charge in [-0.25, -0.2) is 0 Å². The van der Waals surface area contributed by atoms with Crippen LogP contribution in [0.5, 0.6) is 0 Å². The van der Waals surface area contributed by atoms with Gasteiger partial charge in [0.1, 0.15) is 0 Å². The van der Waals surface area contributed by atoms with E-state index in [4.69, 9.17) is 10.5 Å². The zero-order valence-electron chi connectivity index (χ0n) is 12.0. The number of nitrogens with zero attached hydrogens (tertiary/aromatic N) is 3. The third kappa shape index (κ3) is 4.66. The van der Waals surface area contributed by atoms with Crippen LogP contribution >= 0.6 is 0 Å². The molecule has 0 aliphatic heterocycles. The minimum Gasteiger partial charge on any atom is -0.326 e. The molecule has 2 rings (SSSR count). The first-order valence-corrected chi connectivity index (χ1v) is 6.82. The predicted octanol–water partition coefficient (Wildman–Crippen LogP) is 2.64. The monoisotopic (exact) mass is 289 g/mol. The smallest absolute Gasteiger partial charge is 0.209 e. The highest BCUT2D eigenvalue weighted by molar-refractivity contribution is 5.94. The molecule has 0 amide bonds. The first kappa shape index (κ1) is 15.1. The van der Waals surface area contributed by atoms with E-state index < -0.39 is 0 Å². The average Bonchev–Trinajstić information content (AvgIpc) is 2.57. The summed E-state index contributed by atoms with van der Waals surface area (Å²) in [7, 11) is 0. The molecule has 0 saturated carbocycles. The van der Waals surface area contributed by atoms with Crippen molar-refractivity contribution in [1.82, 2.24) is 5.32 Å². The minimum atomic E-state index is 0.392. The van der Waals surface area contributed by atoms with Crippen LogP contribution in [0.25, 0.3) is 0 Å². The first-order valence-electron chi connectivity index (χ1n) is 6.82. The molecule has 0 fully saturated rings. The number of guanidine groups is 1. The number of nitriles is 2. The molecule has 2 N–H and O–H groups in total. The average molecular weight is 289 g/mol. The summed E-state index contributed by atoms with van der Waals surface area (Å²) in [5, 5.41) is 23.1. The zero-order chi connectivity index (χ0) is 15.6. The van der Waals surface area contributed by atoms with Gasteiger partial charge in [-0.2, -0.15) is 10.5 Å². The van der Waals surface area contributed by atoms with E-state index in [1.54, 1.807) is 24.3 Å². The van der Waals surface area contributed by atoms with E-state index in [-0.39, 0.29) is 0 Å². The van der Waals surface area contributed by atoms with E-state index in [9.17, 15) is 0 Å². The highest BCUT2D eigenvalue weighted by Crippen LogP contribution is 2.08. The van der Waals surface area contributed by atoms with Crippen molar-refractivity contribution in [2.45, 2.75) is 6.42 Å². The Morgan fingerprint density at radius 1 is 1.00 bits per heavy atom. The number of rotatable bonds is 4. The maximum Gasteiger partial charge on any atom is 0.209 e. The SMILES string of the molecule is N#CNC(=NCCc1ccccc1)Nc1ccc(C#N)cc1. The van der Waals surface area contributed by atoms with Crippen molar-refractivity contribution in [2.75, 3.05) is 11.9 Å². The summed E-state index contributed by atoms with van der Waals surface area (Å²) < 4.78 is 0. The zero-order valence-corrected chi connectivity index (χ0v) is 12.0. The lowest BCUT2D eigenvalue weighted by molar-refractivity contribution is 0.957. The molecule has 0 aromatic heterocycles. The second-order valence-electron chi connectivity index (χ2n) is 4.52. The summed E-state index contributed by atoms with van der Waals surface area (Å²) in [5.74, 6) is 0.392. The van der Waals surface area contributed by atoms with Gasteiger partial charge in [0.05, 0.1) is 11.6 Å². The van der Waals surface area contributed by atoms with Crippen LogP contribution in [0.2, 0.25) is 0 Å². The minimum absolute atomic E-state index is 0.392. The van der Waals surface area contributed by atoms with E-state index in [1.807, 2.05) is 36.5 Å². The Kier molecular flexibility index (Phi) is 5.54. The number of hydrogen-bond acceptors (Lipinski definition) is 3. The molecule has 0 spiro atoms. The van der Waals surface area contributed by atoms with Gasteiger partial charge in [0.25, 0.3) is 0 Å². The second-order valence-corrected chi connectivity index (χ2v) is 4.52. The van der Waals surface area contributed by atoms with Gasteiger partial charge < -0.3 is 5.32 Å². The van der Waals surface area contributed by atoms with Crippen molar-refractivity contribution in [2.24, 2.45) is 4.99 Å². The third-order valence-electron chi connectivity index (χ3n) is 2.96. The third-order valence-corrected chi connectivity index (χ3v) is 2.96. The Balaban J connectivity index is 1.98. The molecule has 0 atom stereocenters. The number of nitrogens with one attached hydrogen (secondary N) is 2. The first-order chi connectivity index (χ1) is 10.8. The van der Waals surface area contributed by atoms with Gasteiger partial charge >= 0.3 is 0 Å². The molecule has 0 heterocycles. The van der Waals surface area contributed by atoms with Gasteiger partial charge in [0, 0.05) is 12.2 Å². The Bertz CT molecular complexity index is 705. The van der Waals surface area contributed by atoms with E-state index in [2.05, 4.69) is 21.7 Å².